The molecule has 2 atom stereocenters. The maximum atomic E-state index is 12.9. The van der Waals surface area contributed by atoms with Crippen molar-refractivity contribution in [1.82, 2.24) is 15.1 Å². The standard InChI is InChI=1S/C17H19N3O4.CH2O2/c1-10-14(15(19-18-10)11-5-3-2-4-6-11)16(22)20-8-7-13(21)12(9-20)17(23)24;2-1-3/h2-6,12-13,21H,7-9H2,1H3,(H,18,19)(H,23,24);1H,(H,2,3)/t12-,13+;/m1./s1. The number of aliphatic carboxylic acids is 1. The molecule has 4 N–H and O–H groups in total. The van der Waals surface area contributed by atoms with Crippen LogP contribution in [0.15, 0.2) is 30.3 Å². The molecule has 0 spiro atoms. The van der Waals surface area contributed by atoms with Gasteiger partial charge in [0.15, 0.2) is 0 Å². The van der Waals surface area contributed by atoms with Crippen molar-refractivity contribution in [2.75, 3.05) is 13.1 Å². The zero-order chi connectivity index (χ0) is 20.0. The first-order valence-electron chi connectivity index (χ1n) is 8.29. The number of hydrogen-bond acceptors (Lipinski definition) is 5. The highest BCUT2D eigenvalue weighted by atomic mass is 16.4. The van der Waals surface area contributed by atoms with Crippen LogP contribution in [0.2, 0.25) is 0 Å². The van der Waals surface area contributed by atoms with Gasteiger partial charge in [-0.2, -0.15) is 5.10 Å². The van der Waals surface area contributed by atoms with Crippen molar-refractivity contribution in [3.8, 4) is 11.3 Å². The number of hydrogen-bond donors (Lipinski definition) is 4. The van der Waals surface area contributed by atoms with E-state index in [4.69, 9.17) is 9.90 Å². The van der Waals surface area contributed by atoms with Gasteiger partial charge in [0.2, 0.25) is 0 Å². The SMILES string of the molecule is Cc1[nH]nc(-c2ccccc2)c1C(=O)N1CC[C@H](O)[C@H](C(=O)O)C1.O=CO. The number of carbonyl (C=O) groups is 3. The number of piperidine rings is 1. The van der Waals surface area contributed by atoms with E-state index >= 15 is 0 Å². The lowest BCUT2D eigenvalue weighted by Crippen LogP contribution is -2.48. The fourth-order valence-corrected chi connectivity index (χ4v) is 3.02. The number of aromatic amines is 1. The summed E-state index contributed by atoms with van der Waals surface area (Å²) >= 11 is 0. The van der Waals surface area contributed by atoms with Crippen LogP contribution in [0.3, 0.4) is 0 Å². The molecule has 0 saturated carbocycles. The van der Waals surface area contributed by atoms with E-state index in [0.29, 0.717) is 23.5 Å². The van der Waals surface area contributed by atoms with Crippen LogP contribution >= 0.6 is 0 Å². The first-order chi connectivity index (χ1) is 12.9. The molecule has 0 radical (unpaired) electrons. The number of H-pyrrole nitrogens is 1. The fraction of sp³-hybridized carbons (Fsp3) is 0.333. The van der Waals surface area contributed by atoms with Gasteiger partial charge in [-0.05, 0) is 13.3 Å². The topological polar surface area (TPSA) is 144 Å². The molecule has 0 aliphatic carbocycles. The molecular formula is C18H21N3O6. The Labute approximate surface area is 155 Å². The number of aliphatic hydroxyl groups is 1. The van der Waals surface area contributed by atoms with E-state index in [1.807, 2.05) is 30.3 Å². The molecule has 1 aromatic carbocycles. The number of carboxylic acids is 1. The Morgan fingerprint density at radius 3 is 2.52 bits per heavy atom. The minimum absolute atomic E-state index is 0.00577. The van der Waals surface area contributed by atoms with Crippen LogP contribution in [0.4, 0.5) is 0 Å². The van der Waals surface area contributed by atoms with E-state index in [9.17, 15) is 19.8 Å². The van der Waals surface area contributed by atoms with Gasteiger partial charge in [0.05, 0.1) is 11.7 Å². The summed E-state index contributed by atoms with van der Waals surface area (Å²) in [6.45, 7) is 1.83. The molecular weight excluding hydrogens is 354 g/mol. The molecule has 1 aliphatic rings. The maximum Gasteiger partial charge on any atom is 0.310 e. The molecule has 144 valence electrons. The molecule has 2 heterocycles. The molecule has 1 aromatic heterocycles. The Kier molecular flexibility index (Phi) is 6.67. The first kappa shape index (κ1) is 20.1. The predicted molar refractivity (Wildman–Crippen MR) is 95.1 cm³/mol. The lowest BCUT2D eigenvalue weighted by molar-refractivity contribution is -0.148. The van der Waals surface area contributed by atoms with Gasteiger partial charge in [-0.1, -0.05) is 30.3 Å². The van der Waals surface area contributed by atoms with Gasteiger partial charge in [0.1, 0.15) is 11.6 Å². The van der Waals surface area contributed by atoms with Gasteiger partial charge >= 0.3 is 5.97 Å². The van der Waals surface area contributed by atoms with Crippen LogP contribution < -0.4 is 0 Å². The number of nitrogens with one attached hydrogen (secondary N) is 1. The van der Waals surface area contributed by atoms with Crippen molar-refractivity contribution in [3.63, 3.8) is 0 Å². The molecule has 9 heteroatoms. The van der Waals surface area contributed by atoms with Crippen molar-refractivity contribution >= 4 is 18.3 Å². The predicted octanol–water partition coefficient (Wildman–Crippen LogP) is 0.994. The van der Waals surface area contributed by atoms with Crippen LogP contribution in [-0.4, -0.2) is 68.0 Å². The lowest BCUT2D eigenvalue weighted by Gasteiger charge is -2.34. The van der Waals surface area contributed by atoms with E-state index < -0.39 is 18.0 Å². The highest BCUT2D eigenvalue weighted by molar-refractivity contribution is 6.01. The first-order valence-corrected chi connectivity index (χ1v) is 8.29. The van der Waals surface area contributed by atoms with E-state index in [1.54, 1.807) is 6.92 Å². The average Bonchev–Trinajstić information content (AvgIpc) is 3.04. The largest absolute Gasteiger partial charge is 0.483 e. The normalized spacial score (nSPS) is 19.0. The van der Waals surface area contributed by atoms with Crippen LogP contribution in [-0.2, 0) is 9.59 Å². The second-order valence-corrected chi connectivity index (χ2v) is 6.10. The third-order valence-electron chi connectivity index (χ3n) is 4.39. The molecule has 3 rings (SSSR count). The number of nitrogens with zero attached hydrogens (tertiary/aromatic N) is 2. The molecule has 1 amide bonds. The zero-order valence-electron chi connectivity index (χ0n) is 14.7. The number of benzene rings is 1. The van der Waals surface area contributed by atoms with Gasteiger partial charge in [-0.3, -0.25) is 19.5 Å². The Morgan fingerprint density at radius 1 is 1.30 bits per heavy atom. The van der Waals surface area contributed by atoms with Crippen molar-refractivity contribution < 1.29 is 29.7 Å². The quantitative estimate of drug-likeness (QED) is 0.586. The van der Waals surface area contributed by atoms with Gasteiger partial charge in [0.25, 0.3) is 12.4 Å². The number of rotatable bonds is 3. The Balaban J connectivity index is 0.000000817. The molecule has 27 heavy (non-hydrogen) atoms. The molecule has 1 fully saturated rings. The second-order valence-electron chi connectivity index (χ2n) is 6.10. The second kappa shape index (κ2) is 8.95. The third kappa shape index (κ3) is 4.50. The maximum absolute atomic E-state index is 12.9. The van der Waals surface area contributed by atoms with E-state index in [0.717, 1.165) is 5.56 Å². The summed E-state index contributed by atoms with van der Waals surface area (Å²) < 4.78 is 0. The van der Waals surface area contributed by atoms with Crippen molar-refractivity contribution in [1.29, 1.82) is 0 Å². The monoisotopic (exact) mass is 375 g/mol. The summed E-state index contributed by atoms with van der Waals surface area (Å²) in [5.74, 6) is -2.32. The van der Waals surface area contributed by atoms with Crippen molar-refractivity contribution in [3.05, 3.63) is 41.6 Å². The molecule has 1 saturated heterocycles. The number of amides is 1. The number of likely N-dealkylation sites (tertiary alicyclic amines) is 1. The Bertz CT molecular complexity index is 805. The summed E-state index contributed by atoms with van der Waals surface area (Å²) in [6.07, 6.45) is -0.675. The molecule has 0 unspecified atom stereocenters. The number of carbonyl (C=O) groups excluding carboxylic acids is 1. The summed E-state index contributed by atoms with van der Waals surface area (Å²) in [7, 11) is 0. The number of aryl methyl sites for hydroxylation is 1. The molecule has 9 nitrogen and oxygen atoms in total. The van der Waals surface area contributed by atoms with E-state index in [1.165, 1.54) is 4.90 Å². The van der Waals surface area contributed by atoms with Gasteiger partial charge < -0.3 is 20.2 Å². The summed E-state index contributed by atoms with van der Waals surface area (Å²) in [6, 6.07) is 9.35. The average molecular weight is 375 g/mol. The Hall–Kier alpha value is -3.20. The number of aromatic nitrogens is 2. The van der Waals surface area contributed by atoms with E-state index in [-0.39, 0.29) is 25.3 Å². The van der Waals surface area contributed by atoms with Crippen molar-refractivity contribution in [2.45, 2.75) is 19.4 Å². The highest BCUT2D eigenvalue weighted by Crippen LogP contribution is 2.27. The van der Waals surface area contributed by atoms with Crippen LogP contribution in [0, 0.1) is 12.8 Å². The Morgan fingerprint density at radius 2 is 1.93 bits per heavy atom. The van der Waals surface area contributed by atoms with Crippen LogP contribution in [0.1, 0.15) is 22.5 Å². The molecule has 1 aliphatic heterocycles. The van der Waals surface area contributed by atoms with Crippen LogP contribution in [0.5, 0.6) is 0 Å². The van der Waals surface area contributed by atoms with Crippen molar-refractivity contribution in [2.24, 2.45) is 5.92 Å². The van der Waals surface area contributed by atoms with Gasteiger partial charge in [0, 0.05) is 24.3 Å². The fourth-order valence-electron chi connectivity index (χ4n) is 3.02. The minimum Gasteiger partial charge on any atom is -0.483 e. The molecule has 0 bridgehead atoms. The lowest BCUT2D eigenvalue weighted by atomic mass is 9.94. The molecule has 2 aromatic rings. The summed E-state index contributed by atoms with van der Waals surface area (Å²) in [5.41, 5.74) is 2.45. The summed E-state index contributed by atoms with van der Waals surface area (Å²) in [5, 5.41) is 33.0. The summed E-state index contributed by atoms with van der Waals surface area (Å²) in [4.78, 5) is 34.0. The third-order valence-corrected chi connectivity index (χ3v) is 4.39. The van der Waals surface area contributed by atoms with E-state index in [2.05, 4.69) is 10.2 Å². The minimum atomic E-state index is -1.09. The van der Waals surface area contributed by atoms with Gasteiger partial charge in [-0.15, -0.1) is 0 Å². The smallest absolute Gasteiger partial charge is 0.310 e. The zero-order valence-corrected chi connectivity index (χ0v) is 14.7. The number of aliphatic hydroxyl groups excluding tert-OH is 1. The highest BCUT2D eigenvalue weighted by Gasteiger charge is 2.36. The number of carboxylic acid groups (broad SMARTS) is 2. The van der Waals surface area contributed by atoms with Crippen LogP contribution in [0.25, 0.3) is 11.3 Å². The van der Waals surface area contributed by atoms with Gasteiger partial charge in [-0.25, -0.2) is 0 Å².